The van der Waals surface area contributed by atoms with Crippen molar-refractivity contribution in [2.24, 2.45) is 0 Å². The topological polar surface area (TPSA) is 186 Å². The van der Waals surface area contributed by atoms with E-state index < -0.39 is 58.4 Å². The number of aliphatic hydroxyl groups is 5. The molecule has 0 aromatic heterocycles. The van der Waals surface area contributed by atoms with Crippen LogP contribution in [0.2, 0.25) is 0 Å². The fourth-order valence-corrected chi connectivity index (χ4v) is 2.38. The van der Waals surface area contributed by atoms with E-state index in [1.807, 2.05) is 0 Å². The number of rotatable bonds is 9. The number of aliphatic hydroxyl groups excluding tert-OH is 2. The van der Waals surface area contributed by atoms with Gasteiger partial charge in [0, 0.05) is 0 Å². The maximum absolute atomic E-state index is 11.9. The van der Waals surface area contributed by atoms with Crippen LogP contribution in [0.5, 0.6) is 0 Å². The number of hydrogen-bond acceptors (Lipinski definition) is 10. The first-order chi connectivity index (χ1) is 10.7. The van der Waals surface area contributed by atoms with E-state index in [1.165, 1.54) is 0 Å². The highest BCUT2D eigenvalue weighted by atomic mass is 16.4. The molecular weight excluding hydrogens is 328 g/mol. The smallest absolute Gasteiger partial charge is 0.217 e. The highest BCUT2D eigenvalue weighted by Gasteiger charge is 2.73. The minimum absolute atomic E-state index is 0.526. The molecule has 0 saturated heterocycles. The van der Waals surface area contributed by atoms with Crippen LogP contribution in [0.1, 0.15) is 27.7 Å². The Morgan fingerprint density at radius 1 is 0.833 bits per heavy atom. The fraction of sp³-hybridized carbons (Fsp3) is 0.643. The SMILES string of the molecule is CC(=O)C(O)C(O)C(O)(C(C)=O)C(O)(C(C)=O)C(O)(C=O)C(C)=O. The van der Waals surface area contributed by atoms with Gasteiger partial charge in [-0.25, -0.2) is 0 Å². The first kappa shape index (κ1) is 22.1. The molecule has 0 heterocycles. The summed E-state index contributed by atoms with van der Waals surface area (Å²) in [5.41, 5.74) is -11.2. The second-order valence-electron chi connectivity index (χ2n) is 5.53. The molecule has 0 aromatic carbocycles. The van der Waals surface area contributed by atoms with Crippen molar-refractivity contribution in [2.75, 3.05) is 0 Å². The number of hydrogen-bond donors (Lipinski definition) is 5. The van der Waals surface area contributed by atoms with Crippen molar-refractivity contribution in [1.29, 1.82) is 0 Å². The molecule has 0 amide bonds. The van der Waals surface area contributed by atoms with Crippen LogP contribution >= 0.6 is 0 Å². The van der Waals surface area contributed by atoms with Gasteiger partial charge in [0.1, 0.15) is 12.2 Å². The van der Waals surface area contributed by atoms with E-state index in [2.05, 4.69) is 0 Å². The van der Waals surface area contributed by atoms with E-state index >= 15 is 0 Å². The van der Waals surface area contributed by atoms with Crippen molar-refractivity contribution >= 4 is 29.4 Å². The maximum atomic E-state index is 11.9. The molecule has 0 aliphatic carbocycles. The number of carbonyl (C=O) groups is 5. The van der Waals surface area contributed by atoms with E-state index in [4.69, 9.17) is 0 Å². The zero-order chi connectivity index (χ0) is 19.7. The zero-order valence-electron chi connectivity index (χ0n) is 13.5. The van der Waals surface area contributed by atoms with Gasteiger partial charge < -0.3 is 25.5 Å². The largest absolute Gasteiger partial charge is 0.386 e. The normalized spacial score (nSPS) is 21.4. The van der Waals surface area contributed by atoms with Gasteiger partial charge in [-0.1, -0.05) is 0 Å². The van der Waals surface area contributed by atoms with Crippen LogP contribution in [-0.4, -0.2) is 84.0 Å². The molecule has 0 rings (SSSR count). The number of ketones is 4. The second-order valence-corrected chi connectivity index (χ2v) is 5.53. The first-order valence-electron chi connectivity index (χ1n) is 6.69. The summed E-state index contributed by atoms with van der Waals surface area (Å²) >= 11 is 0. The van der Waals surface area contributed by atoms with Gasteiger partial charge in [-0.3, -0.25) is 24.0 Å². The molecule has 0 bridgehead atoms. The first-order valence-corrected chi connectivity index (χ1v) is 6.69. The predicted molar refractivity (Wildman–Crippen MR) is 75.7 cm³/mol. The van der Waals surface area contributed by atoms with Gasteiger partial charge in [0.15, 0.2) is 35.0 Å². The van der Waals surface area contributed by atoms with Crippen LogP contribution in [0.4, 0.5) is 0 Å². The fourth-order valence-electron chi connectivity index (χ4n) is 2.38. The third-order valence-electron chi connectivity index (χ3n) is 4.00. The van der Waals surface area contributed by atoms with Crippen molar-refractivity contribution in [3.63, 3.8) is 0 Å². The summed E-state index contributed by atoms with van der Waals surface area (Å²) in [5, 5.41) is 50.9. The number of Topliss-reactive ketones (excluding diaryl/α,β-unsaturated/α-hetero) is 4. The Kier molecular flexibility index (Phi) is 6.41. The molecule has 0 spiro atoms. The monoisotopic (exact) mass is 348 g/mol. The van der Waals surface area contributed by atoms with E-state index in [-0.39, 0.29) is 0 Å². The van der Waals surface area contributed by atoms with E-state index in [1.54, 1.807) is 0 Å². The molecule has 0 radical (unpaired) electrons. The van der Waals surface area contributed by atoms with Gasteiger partial charge in [-0.05, 0) is 27.7 Å². The second kappa shape index (κ2) is 6.95. The summed E-state index contributed by atoms with van der Waals surface area (Å²) in [6.07, 6.45) is -5.88. The Hall–Kier alpha value is -1.85. The molecule has 0 aliphatic rings. The third-order valence-corrected chi connectivity index (χ3v) is 4.00. The third kappa shape index (κ3) is 2.82. The predicted octanol–water partition coefficient (Wildman–Crippen LogP) is -3.54. The Morgan fingerprint density at radius 2 is 1.25 bits per heavy atom. The molecule has 0 aliphatic heterocycles. The lowest BCUT2D eigenvalue weighted by Crippen LogP contribution is -2.80. The molecule has 24 heavy (non-hydrogen) atoms. The van der Waals surface area contributed by atoms with Crippen molar-refractivity contribution in [3.05, 3.63) is 0 Å². The van der Waals surface area contributed by atoms with Crippen LogP contribution in [0.25, 0.3) is 0 Å². The molecule has 10 nitrogen and oxygen atoms in total. The van der Waals surface area contributed by atoms with Gasteiger partial charge in [0.05, 0.1) is 0 Å². The molecule has 5 N–H and O–H groups in total. The van der Waals surface area contributed by atoms with Crippen LogP contribution in [0, 0.1) is 0 Å². The quantitative estimate of drug-likeness (QED) is 0.206. The molecule has 5 atom stereocenters. The Balaban J connectivity index is 6.89. The van der Waals surface area contributed by atoms with Crippen molar-refractivity contribution in [1.82, 2.24) is 0 Å². The van der Waals surface area contributed by atoms with Gasteiger partial charge in [0.25, 0.3) is 0 Å². The summed E-state index contributed by atoms with van der Waals surface area (Å²) in [6, 6.07) is 0. The molecule has 10 heteroatoms. The average molecular weight is 348 g/mol. The lowest BCUT2D eigenvalue weighted by Gasteiger charge is -2.48. The van der Waals surface area contributed by atoms with Gasteiger partial charge in [0.2, 0.25) is 11.2 Å². The average Bonchev–Trinajstić information content (AvgIpc) is 2.49. The summed E-state index contributed by atoms with van der Waals surface area (Å²) < 4.78 is 0. The molecule has 0 saturated carbocycles. The Morgan fingerprint density at radius 3 is 1.46 bits per heavy atom. The van der Waals surface area contributed by atoms with Gasteiger partial charge >= 0.3 is 0 Å². The van der Waals surface area contributed by atoms with Crippen LogP contribution in [0.15, 0.2) is 0 Å². The van der Waals surface area contributed by atoms with E-state index in [0.29, 0.717) is 20.8 Å². The zero-order valence-corrected chi connectivity index (χ0v) is 13.5. The van der Waals surface area contributed by atoms with Gasteiger partial charge in [-0.2, -0.15) is 0 Å². The van der Waals surface area contributed by atoms with Crippen molar-refractivity contribution < 1.29 is 49.5 Å². The summed E-state index contributed by atoms with van der Waals surface area (Å²) in [6.45, 7) is 2.42. The number of carbonyl (C=O) groups excluding carboxylic acids is 5. The Labute approximate surface area is 136 Å². The highest BCUT2D eigenvalue weighted by Crippen LogP contribution is 2.38. The lowest BCUT2D eigenvalue weighted by molar-refractivity contribution is -0.248. The van der Waals surface area contributed by atoms with Crippen LogP contribution in [-0.2, 0) is 24.0 Å². The molecule has 0 aromatic rings. The summed E-state index contributed by atoms with van der Waals surface area (Å²) in [7, 11) is 0. The minimum atomic E-state index is -3.87. The summed E-state index contributed by atoms with van der Waals surface area (Å²) in [4.78, 5) is 57.8. The van der Waals surface area contributed by atoms with E-state index in [0.717, 1.165) is 6.92 Å². The Bertz CT molecular complexity index is 584. The molecule has 0 fully saturated rings. The minimum Gasteiger partial charge on any atom is -0.386 e. The van der Waals surface area contributed by atoms with E-state index in [9.17, 15) is 49.5 Å². The van der Waals surface area contributed by atoms with Crippen molar-refractivity contribution in [2.45, 2.75) is 56.7 Å². The molecule has 136 valence electrons. The van der Waals surface area contributed by atoms with Crippen molar-refractivity contribution in [3.8, 4) is 0 Å². The lowest BCUT2D eigenvalue weighted by atomic mass is 9.62. The van der Waals surface area contributed by atoms with Crippen LogP contribution in [0.3, 0.4) is 0 Å². The molecule has 5 unspecified atom stereocenters. The van der Waals surface area contributed by atoms with Crippen LogP contribution < -0.4 is 0 Å². The standard InChI is InChI=1S/C14H20O10/c1-6(16)10(20)11(21)13(23,8(3)18)14(24,9(4)19)12(22,5-15)7(2)17/h5,10-11,20-24H,1-4H3. The maximum Gasteiger partial charge on any atom is 0.217 e. The highest BCUT2D eigenvalue weighted by molar-refractivity contribution is 6.12. The number of aldehydes is 1. The molecular formula is C14H20O10. The summed E-state index contributed by atoms with van der Waals surface area (Å²) in [5.74, 6) is -5.92. The van der Waals surface area contributed by atoms with Gasteiger partial charge in [-0.15, -0.1) is 0 Å².